The number of benzene rings is 1. The fraction of sp³-hybridized carbons (Fsp3) is 0.357. The predicted octanol–water partition coefficient (Wildman–Crippen LogP) is 3.84. The van der Waals surface area contributed by atoms with Gasteiger partial charge in [0, 0.05) is 12.2 Å². The van der Waals surface area contributed by atoms with E-state index in [0.29, 0.717) is 12.2 Å². The summed E-state index contributed by atoms with van der Waals surface area (Å²) in [7, 11) is 0. The average Bonchev–Trinajstić information content (AvgIpc) is 2.76. The number of anilines is 1. The van der Waals surface area contributed by atoms with Crippen LogP contribution in [0.1, 0.15) is 23.9 Å². The molecule has 0 atom stereocenters. The van der Waals surface area contributed by atoms with Crippen molar-refractivity contribution >= 4 is 5.69 Å². The monoisotopic (exact) mass is 283 g/mol. The van der Waals surface area contributed by atoms with E-state index in [0.717, 1.165) is 30.1 Å². The zero-order chi connectivity index (χ0) is 14.8. The van der Waals surface area contributed by atoms with Gasteiger partial charge in [-0.3, -0.25) is 4.68 Å². The molecule has 0 saturated heterocycles. The van der Waals surface area contributed by atoms with E-state index in [9.17, 15) is 13.2 Å². The minimum absolute atomic E-state index is 0.528. The standard InChI is InChI=1S/C14H16F3N3/c1-3-20-13(8-10(2)19-20)9-18-12-6-4-11(5-7-12)14(15,16)17/h4-8,18H,3,9H2,1-2H3. The number of halogens is 3. The number of aryl methyl sites for hydroxylation is 2. The van der Waals surface area contributed by atoms with Crippen molar-refractivity contribution in [3.05, 3.63) is 47.3 Å². The van der Waals surface area contributed by atoms with Crippen LogP contribution < -0.4 is 5.32 Å². The summed E-state index contributed by atoms with van der Waals surface area (Å²) in [4.78, 5) is 0. The molecule has 0 spiro atoms. The molecule has 1 N–H and O–H groups in total. The molecule has 20 heavy (non-hydrogen) atoms. The van der Waals surface area contributed by atoms with Gasteiger partial charge in [-0.25, -0.2) is 0 Å². The van der Waals surface area contributed by atoms with Crippen molar-refractivity contribution in [1.82, 2.24) is 9.78 Å². The zero-order valence-electron chi connectivity index (χ0n) is 11.3. The molecule has 3 nitrogen and oxygen atoms in total. The Bertz CT molecular complexity index is 570. The Labute approximate surface area is 115 Å². The molecular weight excluding hydrogens is 267 g/mol. The number of hydrogen-bond acceptors (Lipinski definition) is 2. The lowest BCUT2D eigenvalue weighted by Gasteiger charge is -2.10. The van der Waals surface area contributed by atoms with E-state index < -0.39 is 11.7 Å². The van der Waals surface area contributed by atoms with Gasteiger partial charge in [-0.1, -0.05) is 0 Å². The number of alkyl halides is 3. The van der Waals surface area contributed by atoms with Crippen LogP contribution >= 0.6 is 0 Å². The number of aromatic nitrogens is 2. The van der Waals surface area contributed by atoms with Gasteiger partial charge in [0.1, 0.15) is 0 Å². The number of rotatable bonds is 4. The third-order valence-electron chi connectivity index (χ3n) is 2.97. The molecule has 1 heterocycles. The van der Waals surface area contributed by atoms with Gasteiger partial charge < -0.3 is 5.32 Å². The third-order valence-corrected chi connectivity index (χ3v) is 2.97. The first kappa shape index (κ1) is 14.4. The molecule has 0 fully saturated rings. The lowest BCUT2D eigenvalue weighted by Crippen LogP contribution is -2.08. The molecule has 1 aromatic heterocycles. The molecule has 0 radical (unpaired) electrons. The van der Waals surface area contributed by atoms with Crippen LogP contribution in [0.2, 0.25) is 0 Å². The van der Waals surface area contributed by atoms with E-state index >= 15 is 0 Å². The van der Waals surface area contributed by atoms with Gasteiger partial charge in [0.05, 0.1) is 23.5 Å². The van der Waals surface area contributed by atoms with Gasteiger partial charge in [0.15, 0.2) is 0 Å². The first-order valence-corrected chi connectivity index (χ1v) is 6.34. The van der Waals surface area contributed by atoms with Crippen LogP contribution in [-0.2, 0) is 19.3 Å². The fourth-order valence-corrected chi connectivity index (χ4v) is 1.98. The predicted molar refractivity (Wildman–Crippen MR) is 71.4 cm³/mol. The molecule has 0 saturated carbocycles. The molecule has 0 aliphatic carbocycles. The Hall–Kier alpha value is -1.98. The average molecular weight is 283 g/mol. The van der Waals surface area contributed by atoms with E-state index in [2.05, 4.69) is 10.4 Å². The highest BCUT2D eigenvalue weighted by Gasteiger charge is 2.29. The fourth-order valence-electron chi connectivity index (χ4n) is 1.98. The van der Waals surface area contributed by atoms with Crippen molar-refractivity contribution in [2.75, 3.05) is 5.32 Å². The van der Waals surface area contributed by atoms with Gasteiger partial charge in [-0.15, -0.1) is 0 Å². The minimum atomic E-state index is -4.30. The molecule has 0 aliphatic heterocycles. The second-order valence-corrected chi connectivity index (χ2v) is 4.52. The van der Waals surface area contributed by atoms with E-state index in [-0.39, 0.29) is 0 Å². The Kier molecular flexibility index (Phi) is 4.01. The first-order chi connectivity index (χ1) is 9.40. The lowest BCUT2D eigenvalue weighted by molar-refractivity contribution is -0.137. The molecule has 0 amide bonds. The molecule has 2 aromatic rings. The largest absolute Gasteiger partial charge is 0.416 e. The second-order valence-electron chi connectivity index (χ2n) is 4.52. The van der Waals surface area contributed by atoms with Crippen molar-refractivity contribution in [3.63, 3.8) is 0 Å². The third kappa shape index (κ3) is 3.31. The molecule has 0 aliphatic rings. The Morgan fingerprint density at radius 3 is 2.40 bits per heavy atom. The summed E-state index contributed by atoms with van der Waals surface area (Å²) in [5.41, 5.74) is 1.94. The van der Waals surface area contributed by atoms with Crippen LogP contribution in [0.25, 0.3) is 0 Å². The summed E-state index contributed by atoms with van der Waals surface area (Å²) in [6.45, 7) is 5.19. The van der Waals surface area contributed by atoms with Crippen LogP contribution in [0.15, 0.2) is 30.3 Å². The summed E-state index contributed by atoms with van der Waals surface area (Å²) in [6, 6.07) is 6.97. The van der Waals surface area contributed by atoms with Gasteiger partial charge >= 0.3 is 6.18 Å². The van der Waals surface area contributed by atoms with E-state index in [1.54, 1.807) is 0 Å². The van der Waals surface area contributed by atoms with E-state index in [1.165, 1.54) is 12.1 Å². The minimum Gasteiger partial charge on any atom is -0.379 e. The zero-order valence-corrected chi connectivity index (χ0v) is 11.3. The van der Waals surface area contributed by atoms with Crippen molar-refractivity contribution in [2.24, 2.45) is 0 Å². The summed E-state index contributed by atoms with van der Waals surface area (Å²) in [5.74, 6) is 0. The number of nitrogens with one attached hydrogen (secondary N) is 1. The van der Waals surface area contributed by atoms with E-state index in [1.807, 2.05) is 24.6 Å². The molecule has 108 valence electrons. The maximum atomic E-state index is 12.4. The highest BCUT2D eigenvalue weighted by atomic mass is 19.4. The van der Waals surface area contributed by atoms with Gasteiger partial charge in [0.25, 0.3) is 0 Å². The Morgan fingerprint density at radius 2 is 1.85 bits per heavy atom. The van der Waals surface area contributed by atoms with Crippen molar-refractivity contribution < 1.29 is 13.2 Å². The van der Waals surface area contributed by atoms with Gasteiger partial charge in [-0.05, 0) is 44.2 Å². The topological polar surface area (TPSA) is 29.9 Å². The smallest absolute Gasteiger partial charge is 0.379 e. The van der Waals surface area contributed by atoms with Crippen LogP contribution in [-0.4, -0.2) is 9.78 Å². The summed E-state index contributed by atoms with van der Waals surface area (Å²) >= 11 is 0. The first-order valence-electron chi connectivity index (χ1n) is 6.34. The molecule has 2 rings (SSSR count). The molecule has 0 unspecified atom stereocenters. The summed E-state index contributed by atoms with van der Waals surface area (Å²) in [5, 5.41) is 7.42. The summed E-state index contributed by atoms with van der Waals surface area (Å²) < 4.78 is 39.2. The maximum absolute atomic E-state index is 12.4. The van der Waals surface area contributed by atoms with Gasteiger partial charge in [-0.2, -0.15) is 18.3 Å². The normalized spacial score (nSPS) is 11.7. The quantitative estimate of drug-likeness (QED) is 0.923. The van der Waals surface area contributed by atoms with Gasteiger partial charge in [0.2, 0.25) is 0 Å². The molecule has 6 heteroatoms. The number of hydrogen-bond donors (Lipinski definition) is 1. The van der Waals surface area contributed by atoms with Crippen LogP contribution in [0.4, 0.5) is 18.9 Å². The highest BCUT2D eigenvalue weighted by molar-refractivity contribution is 5.45. The molecular formula is C14H16F3N3. The SMILES string of the molecule is CCn1nc(C)cc1CNc1ccc(C(F)(F)F)cc1. The van der Waals surface area contributed by atoms with E-state index in [4.69, 9.17) is 0 Å². The van der Waals surface area contributed by atoms with Crippen molar-refractivity contribution in [3.8, 4) is 0 Å². The Morgan fingerprint density at radius 1 is 1.20 bits per heavy atom. The lowest BCUT2D eigenvalue weighted by atomic mass is 10.2. The van der Waals surface area contributed by atoms with Crippen LogP contribution in [0.5, 0.6) is 0 Å². The second kappa shape index (κ2) is 5.56. The molecule has 0 bridgehead atoms. The Balaban J connectivity index is 2.04. The van der Waals surface area contributed by atoms with Crippen molar-refractivity contribution in [1.29, 1.82) is 0 Å². The maximum Gasteiger partial charge on any atom is 0.416 e. The molecule has 1 aromatic carbocycles. The highest BCUT2D eigenvalue weighted by Crippen LogP contribution is 2.29. The number of nitrogens with zero attached hydrogens (tertiary/aromatic N) is 2. The van der Waals surface area contributed by atoms with Crippen LogP contribution in [0, 0.1) is 6.92 Å². The summed E-state index contributed by atoms with van der Waals surface area (Å²) in [6.07, 6.45) is -4.30. The van der Waals surface area contributed by atoms with Crippen molar-refractivity contribution in [2.45, 2.75) is 33.1 Å². The van der Waals surface area contributed by atoms with Crippen LogP contribution in [0.3, 0.4) is 0 Å².